The SMILES string of the molecule is CCN(Cc1ccccc1)c1cncc(C(=O)Nc2ccc(C(C)C)cc2)c1. The van der Waals surface area contributed by atoms with E-state index in [9.17, 15) is 4.79 Å². The van der Waals surface area contributed by atoms with E-state index in [2.05, 4.69) is 48.1 Å². The van der Waals surface area contributed by atoms with Crippen molar-refractivity contribution in [2.75, 3.05) is 16.8 Å². The fourth-order valence-corrected chi connectivity index (χ4v) is 3.07. The summed E-state index contributed by atoms with van der Waals surface area (Å²) in [5.41, 5.74) is 4.76. The third-order valence-electron chi connectivity index (χ3n) is 4.78. The van der Waals surface area contributed by atoms with Crippen molar-refractivity contribution < 1.29 is 4.79 Å². The minimum atomic E-state index is -0.151. The standard InChI is InChI=1S/C24H27N3O/c1-4-27(17-19-8-6-5-7-9-19)23-14-21(15-25-16-23)24(28)26-22-12-10-20(11-13-22)18(2)3/h5-16,18H,4,17H2,1-3H3,(H,26,28). The zero-order valence-corrected chi connectivity index (χ0v) is 16.7. The van der Waals surface area contributed by atoms with E-state index in [4.69, 9.17) is 0 Å². The second-order valence-electron chi connectivity index (χ2n) is 7.16. The maximum absolute atomic E-state index is 12.7. The van der Waals surface area contributed by atoms with E-state index >= 15 is 0 Å². The number of benzene rings is 2. The molecule has 3 rings (SSSR count). The molecule has 4 nitrogen and oxygen atoms in total. The predicted octanol–water partition coefficient (Wildman–Crippen LogP) is 5.48. The molecule has 1 amide bonds. The lowest BCUT2D eigenvalue weighted by Gasteiger charge is -2.23. The van der Waals surface area contributed by atoms with Gasteiger partial charge in [-0.15, -0.1) is 0 Å². The van der Waals surface area contributed by atoms with Crippen molar-refractivity contribution in [1.29, 1.82) is 0 Å². The van der Waals surface area contributed by atoms with Crippen LogP contribution in [-0.2, 0) is 6.54 Å². The first kappa shape index (κ1) is 19.6. The Labute approximate surface area is 167 Å². The van der Waals surface area contributed by atoms with Crippen molar-refractivity contribution in [3.05, 3.63) is 89.7 Å². The summed E-state index contributed by atoms with van der Waals surface area (Å²) < 4.78 is 0. The van der Waals surface area contributed by atoms with Crippen molar-refractivity contribution in [2.45, 2.75) is 33.2 Å². The molecule has 4 heteroatoms. The third kappa shape index (κ3) is 4.97. The molecule has 0 aliphatic carbocycles. The van der Waals surface area contributed by atoms with E-state index in [1.54, 1.807) is 12.4 Å². The van der Waals surface area contributed by atoms with Gasteiger partial charge in [-0.2, -0.15) is 0 Å². The molecule has 0 saturated heterocycles. The van der Waals surface area contributed by atoms with Crippen LogP contribution in [0.15, 0.2) is 73.1 Å². The molecule has 2 aromatic carbocycles. The van der Waals surface area contributed by atoms with E-state index in [0.29, 0.717) is 11.5 Å². The predicted molar refractivity (Wildman–Crippen MR) is 116 cm³/mol. The van der Waals surface area contributed by atoms with Crippen LogP contribution in [0.1, 0.15) is 48.2 Å². The number of carbonyl (C=O) groups is 1. The number of aromatic nitrogens is 1. The van der Waals surface area contributed by atoms with Crippen LogP contribution < -0.4 is 10.2 Å². The van der Waals surface area contributed by atoms with E-state index in [0.717, 1.165) is 24.5 Å². The van der Waals surface area contributed by atoms with Gasteiger partial charge in [-0.05, 0) is 42.2 Å². The summed E-state index contributed by atoms with van der Waals surface area (Å²) in [7, 11) is 0. The van der Waals surface area contributed by atoms with Gasteiger partial charge in [0.2, 0.25) is 0 Å². The summed E-state index contributed by atoms with van der Waals surface area (Å²) in [5, 5.41) is 2.96. The number of hydrogen-bond acceptors (Lipinski definition) is 3. The average Bonchev–Trinajstić information content (AvgIpc) is 2.73. The molecule has 0 aliphatic heterocycles. The molecule has 144 valence electrons. The van der Waals surface area contributed by atoms with Gasteiger partial charge in [0.05, 0.1) is 17.4 Å². The molecule has 28 heavy (non-hydrogen) atoms. The van der Waals surface area contributed by atoms with Crippen LogP contribution in [0.3, 0.4) is 0 Å². The van der Waals surface area contributed by atoms with Gasteiger partial charge in [0.15, 0.2) is 0 Å². The summed E-state index contributed by atoms with van der Waals surface area (Å²) in [5.74, 6) is 0.317. The molecule has 0 saturated carbocycles. The van der Waals surface area contributed by atoms with Gasteiger partial charge >= 0.3 is 0 Å². The van der Waals surface area contributed by atoms with Crippen LogP contribution >= 0.6 is 0 Å². The zero-order valence-electron chi connectivity index (χ0n) is 16.7. The maximum atomic E-state index is 12.7. The Kier molecular flexibility index (Phi) is 6.43. The molecule has 0 fully saturated rings. The highest BCUT2D eigenvalue weighted by molar-refractivity contribution is 6.04. The van der Waals surface area contributed by atoms with Crippen LogP contribution in [0.2, 0.25) is 0 Å². The average molecular weight is 374 g/mol. The van der Waals surface area contributed by atoms with E-state index in [1.807, 2.05) is 48.5 Å². The van der Waals surface area contributed by atoms with Gasteiger partial charge in [0.25, 0.3) is 5.91 Å². The van der Waals surface area contributed by atoms with Crippen molar-refractivity contribution in [2.24, 2.45) is 0 Å². The quantitative estimate of drug-likeness (QED) is 0.596. The normalized spacial score (nSPS) is 10.7. The summed E-state index contributed by atoms with van der Waals surface area (Å²) in [6.45, 7) is 8.02. The lowest BCUT2D eigenvalue weighted by atomic mass is 10.0. The van der Waals surface area contributed by atoms with Crippen LogP contribution in [0, 0.1) is 0 Å². The highest BCUT2D eigenvalue weighted by Crippen LogP contribution is 2.20. The highest BCUT2D eigenvalue weighted by atomic mass is 16.1. The van der Waals surface area contributed by atoms with E-state index < -0.39 is 0 Å². The minimum Gasteiger partial charge on any atom is -0.366 e. The lowest BCUT2D eigenvalue weighted by Crippen LogP contribution is -2.23. The van der Waals surface area contributed by atoms with Gasteiger partial charge < -0.3 is 10.2 Å². The molecule has 1 aromatic heterocycles. The van der Waals surface area contributed by atoms with Crippen LogP contribution in [0.5, 0.6) is 0 Å². The van der Waals surface area contributed by atoms with Crippen molar-refractivity contribution in [3.8, 4) is 0 Å². The van der Waals surface area contributed by atoms with Crippen molar-refractivity contribution in [1.82, 2.24) is 4.98 Å². The summed E-state index contributed by atoms with van der Waals surface area (Å²) in [6, 6.07) is 20.2. The maximum Gasteiger partial charge on any atom is 0.257 e. The largest absolute Gasteiger partial charge is 0.366 e. The van der Waals surface area contributed by atoms with Crippen LogP contribution in [0.4, 0.5) is 11.4 Å². The molecule has 3 aromatic rings. The van der Waals surface area contributed by atoms with Gasteiger partial charge in [0.1, 0.15) is 0 Å². The molecule has 1 heterocycles. The van der Waals surface area contributed by atoms with Gasteiger partial charge in [0, 0.05) is 25.0 Å². The second kappa shape index (κ2) is 9.18. The minimum absolute atomic E-state index is 0.151. The fraction of sp³-hybridized carbons (Fsp3) is 0.250. The zero-order chi connectivity index (χ0) is 19.9. The molecule has 0 radical (unpaired) electrons. The number of carbonyl (C=O) groups excluding carboxylic acids is 1. The molecule has 0 spiro atoms. The van der Waals surface area contributed by atoms with Crippen molar-refractivity contribution >= 4 is 17.3 Å². The molecular weight excluding hydrogens is 346 g/mol. The summed E-state index contributed by atoms with van der Waals surface area (Å²) in [4.78, 5) is 19.2. The van der Waals surface area contributed by atoms with Gasteiger partial charge in [-0.25, -0.2) is 0 Å². The second-order valence-corrected chi connectivity index (χ2v) is 7.16. The Bertz CT molecular complexity index is 905. The Morgan fingerprint density at radius 3 is 2.39 bits per heavy atom. The number of pyridine rings is 1. The third-order valence-corrected chi connectivity index (χ3v) is 4.78. The number of nitrogens with one attached hydrogen (secondary N) is 1. The van der Waals surface area contributed by atoms with Gasteiger partial charge in [-0.1, -0.05) is 56.3 Å². The van der Waals surface area contributed by atoms with E-state index in [-0.39, 0.29) is 5.91 Å². The smallest absolute Gasteiger partial charge is 0.257 e. The van der Waals surface area contributed by atoms with Crippen LogP contribution in [0.25, 0.3) is 0 Å². The Balaban J connectivity index is 1.73. The Hall–Kier alpha value is -3.14. The van der Waals surface area contributed by atoms with Gasteiger partial charge in [-0.3, -0.25) is 9.78 Å². The first-order chi connectivity index (χ1) is 13.6. The Morgan fingerprint density at radius 2 is 1.75 bits per heavy atom. The molecule has 0 unspecified atom stereocenters. The first-order valence-electron chi connectivity index (χ1n) is 9.72. The van der Waals surface area contributed by atoms with Crippen molar-refractivity contribution in [3.63, 3.8) is 0 Å². The Morgan fingerprint density at radius 1 is 1.04 bits per heavy atom. The number of amides is 1. The number of anilines is 2. The fourth-order valence-electron chi connectivity index (χ4n) is 3.07. The topological polar surface area (TPSA) is 45.2 Å². The number of rotatable bonds is 7. The molecule has 1 N–H and O–H groups in total. The first-order valence-corrected chi connectivity index (χ1v) is 9.72. The monoisotopic (exact) mass is 373 g/mol. The molecule has 0 aliphatic rings. The summed E-state index contributed by atoms with van der Waals surface area (Å²) in [6.07, 6.45) is 3.42. The summed E-state index contributed by atoms with van der Waals surface area (Å²) >= 11 is 0. The van der Waals surface area contributed by atoms with Crippen LogP contribution in [-0.4, -0.2) is 17.4 Å². The molecule has 0 atom stereocenters. The van der Waals surface area contributed by atoms with E-state index in [1.165, 1.54) is 11.1 Å². The lowest BCUT2D eigenvalue weighted by molar-refractivity contribution is 0.102. The highest BCUT2D eigenvalue weighted by Gasteiger charge is 2.11. The number of hydrogen-bond donors (Lipinski definition) is 1. The molecular formula is C24H27N3O. The molecule has 0 bridgehead atoms. The number of nitrogens with zero attached hydrogens (tertiary/aromatic N) is 2.